The quantitative estimate of drug-likeness (QED) is 0.940. The molecule has 0 unspecified atom stereocenters. The molecule has 1 N–H and O–H groups in total. The summed E-state index contributed by atoms with van der Waals surface area (Å²) in [6, 6.07) is 10.4. The van der Waals surface area contributed by atoms with E-state index in [9.17, 15) is 9.18 Å². The second-order valence-corrected chi connectivity index (χ2v) is 5.81. The normalized spacial score (nSPS) is 16.4. The summed E-state index contributed by atoms with van der Waals surface area (Å²) in [6.45, 7) is 0.420. The number of carbonyl (C=O) groups excluding carboxylic acids is 1. The summed E-state index contributed by atoms with van der Waals surface area (Å²) < 4.78 is 14.2. The zero-order valence-electron chi connectivity index (χ0n) is 12.4. The van der Waals surface area contributed by atoms with E-state index in [1.54, 1.807) is 30.6 Å². The van der Waals surface area contributed by atoms with Gasteiger partial charge in [0, 0.05) is 24.5 Å². The van der Waals surface area contributed by atoms with E-state index in [2.05, 4.69) is 10.3 Å². The van der Waals surface area contributed by atoms with Crippen LogP contribution >= 0.6 is 0 Å². The number of carbonyl (C=O) groups is 1. The van der Waals surface area contributed by atoms with Crippen molar-refractivity contribution in [2.45, 2.75) is 37.6 Å². The van der Waals surface area contributed by atoms with Gasteiger partial charge in [-0.25, -0.2) is 4.39 Å². The van der Waals surface area contributed by atoms with Crippen molar-refractivity contribution in [3.63, 3.8) is 0 Å². The molecule has 3 rings (SSSR count). The molecule has 1 aliphatic carbocycles. The van der Waals surface area contributed by atoms with E-state index in [1.807, 2.05) is 12.1 Å². The highest BCUT2D eigenvalue weighted by atomic mass is 19.1. The minimum Gasteiger partial charge on any atom is -0.351 e. The standard InChI is InChI=1S/C18H19FN2O/c19-16-8-2-1-7-15(16)18(9-3-4-10-18)17(22)21-13-14-6-5-11-20-12-14/h1-2,5-8,11-12H,3-4,9-10,13H2,(H,21,22). The third-order valence-electron chi connectivity index (χ3n) is 4.46. The van der Waals surface area contributed by atoms with E-state index in [0.717, 1.165) is 18.4 Å². The van der Waals surface area contributed by atoms with Crippen molar-refractivity contribution in [2.24, 2.45) is 0 Å². The van der Waals surface area contributed by atoms with E-state index >= 15 is 0 Å². The van der Waals surface area contributed by atoms with Crippen LogP contribution in [0.25, 0.3) is 0 Å². The van der Waals surface area contributed by atoms with Crippen LogP contribution in [0.1, 0.15) is 36.8 Å². The molecule has 2 aromatic rings. The van der Waals surface area contributed by atoms with Crippen LogP contribution in [-0.4, -0.2) is 10.9 Å². The van der Waals surface area contributed by atoms with Crippen LogP contribution in [0.5, 0.6) is 0 Å². The average molecular weight is 298 g/mol. The zero-order chi connectivity index (χ0) is 15.4. The fourth-order valence-electron chi connectivity index (χ4n) is 3.30. The van der Waals surface area contributed by atoms with Crippen molar-refractivity contribution in [2.75, 3.05) is 0 Å². The largest absolute Gasteiger partial charge is 0.351 e. The highest BCUT2D eigenvalue weighted by molar-refractivity contribution is 5.88. The van der Waals surface area contributed by atoms with Crippen LogP contribution < -0.4 is 5.32 Å². The predicted octanol–water partition coefficient (Wildman–Crippen LogP) is 3.35. The average Bonchev–Trinajstić information content (AvgIpc) is 3.05. The van der Waals surface area contributed by atoms with Gasteiger partial charge in [0.25, 0.3) is 0 Å². The number of pyridine rings is 1. The molecule has 1 aromatic heterocycles. The van der Waals surface area contributed by atoms with Crippen molar-refractivity contribution in [3.05, 3.63) is 65.7 Å². The van der Waals surface area contributed by atoms with Crippen LogP contribution in [0.4, 0.5) is 4.39 Å². The Labute approximate surface area is 129 Å². The lowest BCUT2D eigenvalue weighted by Crippen LogP contribution is -2.42. The van der Waals surface area contributed by atoms with Crippen molar-refractivity contribution in [3.8, 4) is 0 Å². The maximum absolute atomic E-state index is 14.2. The molecular formula is C18H19FN2O. The maximum Gasteiger partial charge on any atom is 0.231 e. The number of amides is 1. The van der Waals surface area contributed by atoms with Gasteiger partial charge in [-0.15, -0.1) is 0 Å². The first kappa shape index (κ1) is 14.7. The Bertz CT molecular complexity index is 651. The number of rotatable bonds is 4. The maximum atomic E-state index is 14.2. The minimum atomic E-state index is -0.729. The molecule has 1 amide bonds. The Morgan fingerprint density at radius 1 is 1.18 bits per heavy atom. The van der Waals surface area contributed by atoms with Crippen LogP contribution in [-0.2, 0) is 16.8 Å². The van der Waals surface area contributed by atoms with Crippen LogP contribution in [0, 0.1) is 5.82 Å². The third kappa shape index (κ3) is 2.73. The third-order valence-corrected chi connectivity index (χ3v) is 4.46. The number of benzene rings is 1. The molecule has 22 heavy (non-hydrogen) atoms. The van der Waals surface area contributed by atoms with Gasteiger partial charge in [-0.3, -0.25) is 9.78 Å². The number of nitrogens with one attached hydrogen (secondary N) is 1. The molecule has 114 valence electrons. The van der Waals surface area contributed by atoms with E-state index in [-0.39, 0.29) is 11.7 Å². The van der Waals surface area contributed by atoms with Crippen molar-refractivity contribution >= 4 is 5.91 Å². The van der Waals surface area contributed by atoms with Gasteiger partial charge >= 0.3 is 0 Å². The smallest absolute Gasteiger partial charge is 0.231 e. The van der Waals surface area contributed by atoms with Crippen LogP contribution in [0.15, 0.2) is 48.8 Å². The summed E-state index contributed by atoms with van der Waals surface area (Å²) in [4.78, 5) is 16.8. The summed E-state index contributed by atoms with van der Waals surface area (Å²) >= 11 is 0. The summed E-state index contributed by atoms with van der Waals surface area (Å²) in [7, 11) is 0. The Hall–Kier alpha value is -2.23. The van der Waals surface area contributed by atoms with Gasteiger partial charge in [0.1, 0.15) is 5.82 Å². The van der Waals surface area contributed by atoms with Gasteiger partial charge in [-0.2, -0.15) is 0 Å². The molecule has 0 bridgehead atoms. The first-order valence-corrected chi connectivity index (χ1v) is 7.65. The predicted molar refractivity (Wildman–Crippen MR) is 82.6 cm³/mol. The lowest BCUT2D eigenvalue weighted by atomic mass is 9.77. The van der Waals surface area contributed by atoms with Crippen LogP contribution in [0.3, 0.4) is 0 Å². The Morgan fingerprint density at radius 3 is 2.64 bits per heavy atom. The summed E-state index contributed by atoms with van der Waals surface area (Å²) in [5, 5.41) is 2.96. The van der Waals surface area contributed by atoms with Gasteiger partial charge in [-0.1, -0.05) is 37.1 Å². The second kappa shape index (κ2) is 6.26. The Balaban J connectivity index is 1.82. The second-order valence-electron chi connectivity index (χ2n) is 5.81. The lowest BCUT2D eigenvalue weighted by molar-refractivity contribution is -0.126. The Kier molecular flexibility index (Phi) is 4.18. The minimum absolute atomic E-state index is 0.0843. The molecule has 1 fully saturated rings. The van der Waals surface area contributed by atoms with Crippen molar-refractivity contribution in [1.82, 2.24) is 10.3 Å². The zero-order valence-corrected chi connectivity index (χ0v) is 12.4. The number of nitrogens with zero attached hydrogens (tertiary/aromatic N) is 1. The van der Waals surface area contributed by atoms with E-state index in [4.69, 9.17) is 0 Å². The first-order chi connectivity index (χ1) is 10.7. The van der Waals surface area contributed by atoms with E-state index in [0.29, 0.717) is 24.9 Å². The van der Waals surface area contributed by atoms with Crippen molar-refractivity contribution < 1.29 is 9.18 Å². The molecule has 0 spiro atoms. The molecular weight excluding hydrogens is 279 g/mol. The number of aromatic nitrogens is 1. The molecule has 0 atom stereocenters. The molecule has 1 aromatic carbocycles. The monoisotopic (exact) mass is 298 g/mol. The molecule has 3 nitrogen and oxygen atoms in total. The fraction of sp³-hybridized carbons (Fsp3) is 0.333. The number of hydrogen-bond donors (Lipinski definition) is 1. The topological polar surface area (TPSA) is 42.0 Å². The van der Waals surface area contributed by atoms with Crippen LogP contribution in [0.2, 0.25) is 0 Å². The molecule has 1 saturated carbocycles. The molecule has 1 heterocycles. The van der Waals surface area contributed by atoms with Gasteiger partial charge in [-0.05, 0) is 30.5 Å². The van der Waals surface area contributed by atoms with Gasteiger partial charge < -0.3 is 5.32 Å². The molecule has 0 aliphatic heterocycles. The lowest BCUT2D eigenvalue weighted by Gasteiger charge is -2.28. The fourth-order valence-corrected chi connectivity index (χ4v) is 3.30. The number of hydrogen-bond acceptors (Lipinski definition) is 2. The van der Waals surface area contributed by atoms with E-state index in [1.165, 1.54) is 6.07 Å². The first-order valence-electron chi connectivity index (χ1n) is 7.65. The van der Waals surface area contributed by atoms with Gasteiger partial charge in [0.05, 0.1) is 5.41 Å². The number of halogens is 1. The molecule has 0 radical (unpaired) electrons. The summed E-state index contributed by atoms with van der Waals surface area (Å²) in [6.07, 6.45) is 6.73. The van der Waals surface area contributed by atoms with Gasteiger partial charge in [0.2, 0.25) is 5.91 Å². The molecule has 1 aliphatic rings. The summed E-state index contributed by atoms with van der Waals surface area (Å²) in [5.41, 5.74) is 0.738. The summed E-state index contributed by atoms with van der Waals surface area (Å²) in [5.74, 6) is -0.375. The molecule has 0 saturated heterocycles. The van der Waals surface area contributed by atoms with Gasteiger partial charge in [0.15, 0.2) is 0 Å². The molecule has 4 heteroatoms. The highest BCUT2D eigenvalue weighted by Gasteiger charge is 2.44. The SMILES string of the molecule is O=C(NCc1cccnc1)C1(c2ccccc2F)CCCC1. The van der Waals surface area contributed by atoms with E-state index < -0.39 is 5.41 Å². The Morgan fingerprint density at radius 2 is 1.95 bits per heavy atom. The van der Waals surface area contributed by atoms with Crippen molar-refractivity contribution in [1.29, 1.82) is 0 Å². The highest BCUT2D eigenvalue weighted by Crippen LogP contribution is 2.42.